The van der Waals surface area contributed by atoms with Gasteiger partial charge in [-0.15, -0.1) is 0 Å². The number of aromatic nitrogens is 1. The largest absolute Gasteiger partial charge is 0.357 e. The van der Waals surface area contributed by atoms with Crippen molar-refractivity contribution in [1.82, 2.24) is 9.88 Å². The van der Waals surface area contributed by atoms with Crippen LogP contribution in [0.3, 0.4) is 0 Å². The highest BCUT2D eigenvalue weighted by molar-refractivity contribution is 9.10. The topological polar surface area (TPSA) is 19.4 Å². The van der Waals surface area contributed by atoms with Gasteiger partial charge in [0.1, 0.15) is 5.82 Å². The highest BCUT2D eigenvalue weighted by Crippen LogP contribution is 2.24. The van der Waals surface area contributed by atoms with Gasteiger partial charge in [0.05, 0.1) is 0 Å². The van der Waals surface area contributed by atoms with Crippen molar-refractivity contribution in [2.45, 2.75) is 38.1 Å². The highest BCUT2D eigenvalue weighted by atomic mass is 79.9. The first-order valence-corrected chi connectivity index (χ1v) is 8.23. The van der Waals surface area contributed by atoms with E-state index in [2.05, 4.69) is 42.8 Å². The molecule has 104 valence electrons. The Kier molecular flexibility index (Phi) is 4.38. The van der Waals surface area contributed by atoms with Crippen molar-refractivity contribution in [1.29, 1.82) is 0 Å². The van der Waals surface area contributed by atoms with Crippen LogP contribution in [0.5, 0.6) is 0 Å². The van der Waals surface area contributed by atoms with Crippen molar-refractivity contribution in [3.8, 4) is 0 Å². The summed E-state index contributed by atoms with van der Waals surface area (Å²) < 4.78 is 1.06. The molecule has 4 heteroatoms. The molecule has 0 aliphatic carbocycles. The molecule has 19 heavy (non-hydrogen) atoms. The average molecular weight is 324 g/mol. The molecule has 0 N–H and O–H groups in total. The lowest BCUT2D eigenvalue weighted by Gasteiger charge is -2.26. The first-order chi connectivity index (χ1) is 9.33. The summed E-state index contributed by atoms with van der Waals surface area (Å²) in [6, 6.07) is 5.02. The summed E-state index contributed by atoms with van der Waals surface area (Å²) in [6.45, 7) is 4.94. The minimum absolute atomic E-state index is 0.808. The van der Waals surface area contributed by atoms with Gasteiger partial charge in [0.2, 0.25) is 0 Å². The molecular weight excluding hydrogens is 302 g/mol. The van der Waals surface area contributed by atoms with Gasteiger partial charge in [-0.05, 0) is 73.3 Å². The summed E-state index contributed by atoms with van der Waals surface area (Å²) in [7, 11) is 0. The normalized spacial score (nSPS) is 25.5. The maximum absolute atomic E-state index is 4.53. The summed E-state index contributed by atoms with van der Waals surface area (Å²) in [5.74, 6) is 1.13. The summed E-state index contributed by atoms with van der Waals surface area (Å²) in [6.07, 6.45) is 8.63. The minimum Gasteiger partial charge on any atom is -0.357 e. The number of rotatable bonds is 2. The molecule has 1 atom stereocenters. The Labute approximate surface area is 124 Å². The van der Waals surface area contributed by atoms with Gasteiger partial charge in [-0.3, -0.25) is 0 Å². The average Bonchev–Trinajstić information content (AvgIpc) is 2.85. The zero-order chi connectivity index (χ0) is 13.1. The van der Waals surface area contributed by atoms with Gasteiger partial charge in [0.25, 0.3) is 0 Å². The Morgan fingerprint density at radius 2 is 1.84 bits per heavy atom. The molecule has 1 unspecified atom stereocenters. The molecule has 0 bridgehead atoms. The van der Waals surface area contributed by atoms with E-state index in [4.69, 9.17) is 0 Å². The van der Waals surface area contributed by atoms with Crippen LogP contribution < -0.4 is 4.90 Å². The van der Waals surface area contributed by atoms with Crippen molar-refractivity contribution in [3.05, 3.63) is 22.8 Å². The lowest BCUT2D eigenvalue weighted by molar-refractivity contribution is 0.225. The van der Waals surface area contributed by atoms with Crippen molar-refractivity contribution in [3.63, 3.8) is 0 Å². The number of pyridine rings is 1. The van der Waals surface area contributed by atoms with E-state index in [9.17, 15) is 0 Å². The smallest absolute Gasteiger partial charge is 0.128 e. The lowest BCUT2D eigenvalue weighted by atomic mass is 10.1. The third kappa shape index (κ3) is 3.29. The van der Waals surface area contributed by atoms with E-state index >= 15 is 0 Å². The van der Waals surface area contributed by atoms with E-state index in [1.165, 1.54) is 45.2 Å². The van der Waals surface area contributed by atoms with Gasteiger partial charge in [0, 0.05) is 29.8 Å². The first-order valence-electron chi connectivity index (χ1n) is 7.43. The molecule has 0 amide bonds. The van der Waals surface area contributed by atoms with Crippen molar-refractivity contribution < 1.29 is 0 Å². The molecule has 3 nitrogen and oxygen atoms in total. The van der Waals surface area contributed by atoms with Crippen LogP contribution in [0, 0.1) is 0 Å². The second-order valence-electron chi connectivity index (χ2n) is 5.65. The molecule has 0 radical (unpaired) electrons. The number of halogens is 1. The Bertz CT molecular complexity index is 400. The molecular formula is C15H22BrN3. The van der Waals surface area contributed by atoms with Crippen LogP contribution in [0.25, 0.3) is 0 Å². The van der Waals surface area contributed by atoms with Gasteiger partial charge < -0.3 is 9.80 Å². The molecule has 1 aromatic heterocycles. The third-order valence-electron chi connectivity index (χ3n) is 4.39. The fourth-order valence-electron chi connectivity index (χ4n) is 3.33. The number of nitrogens with zero attached hydrogens (tertiary/aromatic N) is 3. The van der Waals surface area contributed by atoms with Crippen molar-refractivity contribution >= 4 is 21.7 Å². The summed E-state index contributed by atoms with van der Waals surface area (Å²) in [5.41, 5.74) is 0. The molecule has 2 aliphatic rings. The minimum atomic E-state index is 0.808. The predicted octanol–water partition coefficient (Wildman–Crippen LogP) is 3.30. The number of anilines is 1. The van der Waals surface area contributed by atoms with Crippen molar-refractivity contribution in [2.75, 3.05) is 31.1 Å². The van der Waals surface area contributed by atoms with Crippen LogP contribution in [0.1, 0.15) is 32.1 Å². The summed E-state index contributed by atoms with van der Waals surface area (Å²) in [4.78, 5) is 9.69. The molecule has 2 saturated heterocycles. The number of likely N-dealkylation sites (tertiary alicyclic amines) is 1. The van der Waals surface area contributed by atoms with E-state index in [0.717, 1.165) is 29.4 Å². The fourth-order valence-corrected chi connectivity index (χ4v) is 3.57. The monoisotopic (exact) mass is 323 g/mol. The summed E-state index contributed by atoms with van der Waals surface area (Å²) >= 11 is 3.45. The predicted molar refractivity (Wildman–Crippen MR) is 82.6 cm³/mol. The van der Waals surface area contributed by atoms with Gasteiger partial charge in [-0.25, -0.2) is 4.98 Å². The van der Waals surface area contributed by atoms with E-state index in [1.807, 2.05) is 6.20 Å². The Morgan fingerprint density at radius 1 is 1.00 bits per heavy atom. The second-order valence-corrected chi connectivity index (χ2v) is 6.57. The molecule has 1 aromatic rings. The van der Waals surface area contributed by atoms with Crippen LogP contribution in [-0.4, -0.2) is 42.1 Å². The van der Waals surface area contributed by atoms with Gasteiger partial charge in [-0.2, -0.15) is 0 Å². The van der Waals surface area contributed by atoms with E-state index < -0.39 is 0 Å². The van der Waals surface area contributed by atoms with Gasteiger partial charge in [-0.1, -0.05) is 0 Å². The second kappa shape index (κ2) is 6.23. The molecule has 0 aromatic carbocycles. The maximum Gasteiger partial charge on any atom is 0.128 e. The molecule has 3 rings (SSSR count). The van der Waals surface area contributed by atoms with E-state index in [0.29, 0.717) is 0 Å². The highest BCUT2D eigenvalue weighted by Gasteiger charge is 2.24. The molecule has 3 heterocycles. The molecule has 2 fully saturated rings. The van der Waals surface area contributed by atoms with Crippen LogP contribution in [-0.2, 0) is 0 Å². The Balaban J connectivity index is 1.62. The number of hydrogen-bond donors (Lipinski definition) is 0. The zero-order valence-electron chi connectivity index (χ0n) is 11.4. The van der Waals surface area contributed by atoms with Crippen LogP contribution in [0.2, 0.25) is 0 Å². The summed E-state index contributed by atoms with van der Waals surface area (Å²) in [5, 5.41) is 0. The van der Waals surface area contributed by atoms with Crippen molar-refractivity contribution in [2.24, 2.45) is 0 Å². The lowest BCUT2D eigenvalue weighted by Crippen LogP contribution is -2.34. The Hall–Kier alpha value is -0.610. The van der Waals surface area contributed by atoms with E-state index in [1.54, 1.807) is 0 Å². The van der Waals surface area contributed by atoms with Gasteiger partial charge in [0.15, 0.2) is 0 Å². The standard InChI is InChI=1S/C15H22BrN3/c16-13-5-6-15(17-12-13)19-10-3-4-14(7-11-19)18-8-1-2-9-18/h5-6,12,14H,1-4,7-11H2. The van der Waals surface area contributed by atoms with Gasteiger partial charge >= 0.3 is 0 Å². The van der Waals surface area contributed by atoms with Crippen LogP contribution in [0.4, 0.5) is 5.82 Å². The Morgan fingerprint density at radius 3 is 2.58 bits per heavy atom. The fraction of sp³-hybridized carbons (Fsp3) is 0.667. The van der Waals surface area contributed by atoms with Crippen LogP contribution >= 0.6 is 15.9 Å². The first kappa shape index (κ1) is 13.4. The quantitative estimate of drug-likeness (QED) is 0.832. The zero-order valence-corrected chi connectivity index (χ0v) is 13.0. The molecule has 0 saturated carbocycles. The SMILES string of the molecule is Brc1ccc(N2CCCC(N3CCCC3)CC2)nc1. The maximum atomic E-state index is 4.53. The number of hydrogen-bond acceptors (Lipinski definition) is 3. The molecule has 0 spiro atoms. The van der Waals surface area contributed by atoms with Crippen LogP contribution in [0.15, 0.2) is 22.8 Å². The molecule has 2 aliphatic heterocycles. The van der Waals surface area contributed by atoms with E-state index in [-0.39, 0.29) is 0 Å². The third-order valence-corrected chi connectivity index (χ3v) is 4.86.